The molecule has 1 heterocycles. The molecule has 0 aliphatic rings. The van der Waals surface area contributed by atoms with Gasteiger partial charge in [0, 0.05) is 22.1 Å². The van der Waals surface area contributed by atoms with Gasteiger partial charge in [0.25, 0.3) is 0 Å². The van der Waals surface area contributed by atoms with E-state index in [1.54, 1.807) is 26.4 Å². The summed E-state index contributed by atoms with van der Waals surface area (Å²) in [4.78, 5) is 4.31. The summed E-state index contributed by atoms with van der Waals surface area (Å²) in [5, 5.41) is 10.1. The maximum atomic E-state index is 9.40. The summed E-state index contributed by atoms with van der Waals surface area (Å²) in [5.74, 6) is 2.15. The smallest absolute Gasteiger partial charge is 0.162 e. The molecule has 0 bridgehead atoms. The molecule has 0 amide bonds. The molecule has 120 valence electrons. The van der Waals surface area contributed by atoms with Crippen LogP contribution >= 0.6 is 15.9 Å². The first kappa shape index (κ1) is 16.1. The van der Waals surface area contributed by atoms with Gasteiger partial charge >= 0.3 is 0 Å². The number of fused-ring (bicyclic) bond motifs is 1. The molecule has 0 N–H and O–H groups in total. The van der Waals surface area contributed by atoms with E-state index in [1.807, 2.05) is 24.3 Å². The third-order valence-corrected chi connectivity index (χ3v) is 3.95. The van der Waals surface area contributed by atoms with E-state index in [0.717, 1.165) is 4.47 Å². The lowest BCUT2D eigenvalue weighted by atomic mass is 10.1. The van der Waals surface area contributed by atoms with Crippen molar-refractivity contribution in [3.05, 3.63) is 52.6 Å². The highest BCUT2D eigenvalue weighted by molar-refractivity contribution is 9.10. The zero-order chi connectivity index (χ0) is 17.1. The zero-order valence-corrected chi connectivity index (χ0v) is 14.6. The van der Waals surface area contributed by atoms with Crippen molar-refractivity contribution in [3.63, 3.8) is 0 Å². The summed E-state index contributed by atoms with van der Waals surface area (Å²) < 4.78 is 17.5. The van der Waals surface area contributed by atoms with Crippen molar-refractivity contribution in [1.82, 2.24) is 4.98 Å². The van der Waals surface area contributed by atoms with Crippen LogP contribution in [0, 0.1) is 11.3 Å². The Kier molecular flexibility index (Phi) is 4.54. The number of halogens is 1. The monoisotopic (exact) mass is 384 g/mol. The SMILES string of the molecule is COc1cc2ncc(C#N)c(Oc3cccc(Br)c3)c2cc1OC. The zero-order valence-electron chi connectivity index (χ0n) is 13.0. The molecule has 0 saturated heterocycles. The Morgan fingerprint density at radius 2 is 1.83 bits per heavy atom. The summed E-state index contributed by atoms with van der Waals surface area (Å²) >= 11 is 3.41. The van der Waals surface area contributed by atoms with E-state index in [-0.39, 0.29) is 0 Å². The van der Waals surface area contributed by atoms with Crippen LogP contribution in [0.3, 0.4) is 0 Å². The van der Waals surface area contributed by atoms with E-state index in [9.17, 15) is 5.26 Å². The molecule has 0 aliphatic carbocycles. The molecular weight excluding hydrogens is 372 g/mol. The highest BCUT2D eigenvalue weighted by Crippen LogP contribution is 2.38. The Hall–Kier alpha value is -2.78. The average molecular weight is 385 g/mol. The second-order valence-corrected chi connectivity index (χ2v) is 5.81. The van der Waals surface area contributed by atoms with Crippen LogP contribution in [0.5, 0.6) is 23.0 Å². The quantitative estimate of drug-likeness (QED) is 0.653. The molecule has 1 aromatic heterocycles. The van der Waals surface area contributed by atoms with E-state index in [1.165, 1.54) is 6.20 Å². The van der Waals surface area contributed by atoms with Gasteiger partial charge in [-0.15, -0.1) is 0 Å². The van der Waals surface area contributed by atoms with Crippen molar-refractivity contribution in [2.75, 3.05) is 14.2 Å². The lowest BCUT2D eigenvalue weighted by Gasteiger charge is -2.13. The van der Waals surface area contributed by atoms with Crippen LogP contribution in [0.15, 0.2) is 47.1 Å². The Bertz CT molecular complexity index is 951. The van der Waals surface area contributed by atoms with Crippen molar-refractivity contribution in [1.29, 1.82) is 5.26 Å². The van der Waals surface area contributed by atoms with Crippen LogP contribution in [0.4, 0.5) is 0 Å². The van der Waals surface area contributed by atoms with Crippen LogP contribution in [-0.4, -0.2) is 19.2 Å². The fraction of sp³-hybridized carbons (Fsp3) is 0.111. The molecule has 0 unspecified atom stereocenters. The minimum atomic E-state index is 0.342. The molecule has 24 heavy (non-hydrogen) atoms. The van der Waals surface area contributed by atoms with Crippen LogP contribution in [0.2, 0.25) is 0 Å². The highest BCUT2D eigenvalue weighted by Gasteiger charge is 2.15. The van der Waals surface area contributed by atoms with Crippen molar-refractivity contribution in [2.45, 2.75) is 0 Å². The van der Waals surface area contributed by atoms with E-state index in [0.29, 0.717) is 39.5 Å². The molecule has 0 spiro atoms. The number of rotatable bonds is 4. The van der Waals surface area contributed by atoms with Gasteiger partial charge in [0.05, 0.1) is 19.7 Å². The molecular formula is C18H13BrN2O3. The fourth-order valence-electron chi connectivity index (χ4n) is 2.33. The number of benzene rings is 2. The lowest BCUT2D eigenvalue weighted by Crippen LogP contribution is -1.95. The van der Waals surface area contributed by atoms with Gasteiger partial charge < -0.3 is 14.2 Å². The lowest BCUT2D eigenvalue weighted by molar-refractivity contribution is 0.355. The van der Waals surface area contributed by atoms with Gasteiger partial charge in [0.15, 0.2) is 17.2 Å². The number of hydrogen-bond donors (Lipinski definition) is 0. The minimum absolute atomic E-state index is 0.342. The number of aromatic nitrogens is 1. The molecule has 5 nitrogen and oxygen atoms in total. The molecule has 6 heteroatoms. The van der Waals surface area contributed by atoms with Gasteiger partial charge in [0.2, 0.25) is 0 Å². The number of methoxy groups -OCH3 is 2. The largest absolute Gasteiger partial charge is 0.493 e. The predicted molar refractivity (Wildman–Crippen MR) is 93.8 cm³/mol. The van der Waals surface area contributed by atoms with Crippen molar-refractivity contribution >= 4 is 26.8 Å². The van der Waals surface area contributed by atoms with Crippen LogP contribution < -0.4 is 14.2 Å². The summed E-state index contributed by atoms with van der Waals surface area (Å²) in [5.41, 5.74) is 0.992. The standard InChI is InChI=1S/C18H13BrN2O3/c1-22-16-7-14-15(8-17(16)23-2)21-10-11(9-20)18(14)24-13-5-3-4-12(19)6-13/h3-8,10H,1-2H3. The van der Waals surface area contributed by atoms with Gasteiger partial charge in [-0.05, 0) is 24.3 Å². The second-order valence-electron chi connectivity index (χ2n) is 4.90. The molecule has 0 saturated carbocycles. The van der Waals surface area contributed by atoms with Gasteiger partial charge in [-0.25, -0.2) is 0 Å². The van der Waals surface area contributed by atoms with Gasteiger partial charge in [0.1, 0.15) is 17.4 Å². The molecule has 0 aliphatic heterocycles. The van der Waals surface area contributed by atoms with Crippen LogP contribution in [0.1, 0.15) is 5.56 Å². The Morgan fingerprint density at radius 3 is 2.50 bits per heavy atom. The van der Waals surface area contributed by atoms with Crippen molar-refractivity contribution in [2.24, 2.45) is 0 Å². The number of ether oxygens (including phenoxy) is 3. The Balaban J connectivity index is 2.22. The molecule has 3 rings (SSSR count). The third-order valence-electron chi connectivity index (χ3n) is 3.46. The first-order valence-electron chi connectivity index (χ1n) is 7.04. The second kappa shape index (κ2) is 6.77. The number of nitrogens with zero attached hydrogens (tertiary/aromatic N) is 2. The van der Waals surface area contributed by atoms with E-state index in [2.05, 4.69) is 27.0 Å². The minimum Gasteiger partial charge on any atom is -0.493 e. The number of pyridine rings is 1. The van der Waals surface area contributed by atoms with Crippen LogP contribution in [0.25, 0.3) is 10.9 Å². The fourth-order valence-corrected chi connectivity index (χ4v) is 2.71. The normalized spacial score (nSPS) is 10.2. The predicted octanol–water partition coefficient (Wildman–Crippen LogP) is 4.68. The highest BCUT2D eigenvalue weighted by atomic mass is 79.9. The van der Waals surface area contributed by atoms with Crippen LogP contribution in [-0.2, 0) is 0 Å². The average Bonchev–Trinajstić information content (AvgIpc) is 2.60. The van der Waals surface area contributed by atoms with Gasteiger partial charge in [-0.1, -0.05) is 22.0 Å². The van der Waals surface area contributed by atoms with E-state index in [4.69, 9.17) is 14.2 Å². The molecule has 0 fully saturated rings. The van der Waals surface area contributed by atoms with E-state index >= 15 is 0 Å². The van der Waals surface area contributed by atoms with Crippen molar-refractivity contribution < 1.29 is 14.2 Å². The summed E-state index contributed by atoms with van der Waals surface area (Å²) in [7, 11) is 3.12. The molecule has 0 atom stereocenters. The summed E-state index contributed by atoms with van der Waals surface area (Å²) in [6.07, 6.45) is 1.49. The first-order valence-corrected chi connectivity index (χ1v) is 7.84. The maximum absolute atomic E-state index is 9.40. The molecule has 3 aromatic rings. The topological polar surface area (TPSA) is 64.4 Å². The number of nitriles is 1. The number of hydrogen-bond acceptors (Lipinski definition) is 5. The maximum Gasteiger partial charge on any atom is 0.162 e. The van der Waals surface area contributed by atoms with Crippen molar-refractivity contribution in [3.8, 4) is 29.1 Å². The van der Waals surface area contributed by atoms with Gasteiger partial charge in [-0.2, -0.15) is 5.26 Å². The van der Waals surface area contributed by atoms with Gasteiger partial charge in [-0.3, -0.25) is 4.98 Å². The molecule has 2 aromatic carbocycles. The third kappa shape index (κ3) is 2.99. The molecule has 0 radical (unpaired) electrons. The Labute approximate surface area is 147 Å². The van der Waals surface area contributed by atoms with E-state index < -0.39 is 0 Å². The Morgan fingerprint density at radius 1 is 1.08 bits per heavy atom. The summed E-state index contributed by atoms with van der Waals surface area (Å²) in [6.45, 7) is 0. The first-order chi connectivity index (χ1) is 11.7. The summed E-state index contributed by atoms with van der Waals surface area (Å²) in [6, 6.07) is 13.0.